The molecule has 1 saturated carbocycles. The molecule has 1 N–H and O–H groups in total. The maximum absolute atomic E-state index is 11.8. The van der Waals surface area contributed by atoms with Gasteiger partial charge in [-0.1, -0.05) is 19.3 Å². The monoisotopic (exact) mass is 498 g/mol. The fourth-order valence-electron chi connectivity index (χ4n) is 4.56. The molecule has 6 nitrogen and oxygen atoms in total. The van der Waals surface area contributed by atoms with Gasteiger partial charge in [0, 0.05) is 16.9 Å². The maximum Gasteiger partial charge on any atom is 0.312 e. The fraction of sp³-hybridized carbons (Fsp3) is 0.632. The zero-order valence-corrected chi connectivity index (χ0v) is 18.4. The van der Waals surface area contributed by atoms with Crippen LogP contribution in [0.1, 0.15) is 56.7 Å². The van der Waals surface area contributed by atoms with Crippen molar-refractivity contribution in [3.05, 3.63) is 31.0 Å². The van der Waals surface area contributed by atoms with Crippen LogP contribution in [-0.4, -0.2) is 27.6 Å². The molecule has 1 aromatic carbocycles. The van der Waals surface area contributed by atoms with Crippen LogP contribution in [0.15, 0.2) is 15.0 Å². The first-order valence-corrected chi connectivity index (χ1v) is 11.4. The van der Waals surface area contributed by atoms with E-state index in [2.05, 4.69) is 41.7 Å². The van der Waals surface area contributed by atoms with Gasteiger partial charge < -0.3 is 9.88 Å². The number of nitrogens with one attached hydrogen (secondary N) is 1. The van der Waals surface area contributed by atoms with Crippen LogP contribution in [-0.2, 0) is 6.54 Å². The molecule has 27 heavy (non-hydrogen) atoms. The van der Waals surface area contributed by atoms with Crippen molar-refractivity contribution in [3.63, 3.8) is 0 Å². The molecule has 8 heteroatoms. The van der Waals surface area contributed by atoms with Crippen molar-refractivity contribution in [2.24, 2.45) is 5.92 Å². The highest BCUT2D eigenvalue weighted by atomic mass is 79.9. The lowest BCUT2D eigenvalue weighted by atomic mass is 9.88. The van der Waals surface area contributed by atoms with Crippen molar-refractivity contribution in [1.29, 1.82) is 0 Å². The number of fused-ring (bicyclic) bond motifs is 1. The minimum atomic E-state index is -0.316. The molecule has 1 aliphatic carbocycles. The second-order valence-corrected chi connectivity index (χ2v) is 9.40. The van der Waals surface area contributed by atoms with Crippen molar-refractivity contribution in [2.75, 3.05) is 13.1 Å². The third-order valence-electron chi connectivity index (χ3n) is 5.99. The number of nitro benzene ring substituents is 1. The molecule has 2 aromatic rings. The number of benzene rings is 1. The van der Waals surface area contributed by atoms with Crippen LogP contribution in [0.2, 0.25) is 0 Å². The predicted molar refractivity (Wildman–Crippen MR) is 113 cm³/mol. The topological polar surface area (TPSA) is 73.0 Å². The number of aromatic nitrogens is 2. The fourth-order valence-corrected chi connectivity index (χ4v) is 5.41. The molecule has 1 aliphatic heterocycles. The molecule has 0 spiro atoms. The summed E-state index contributed by atoms with van der Waals surface area (Å²) in [6.45, 7) is 2.99. The molecule has 2 heterocycles. The lowest BCUT2D eigenvalue weighted by Gasteiger charge is -2.27. The predicted octanol–water partition coefficient (Wildman–Crippen LogP) is 5.52. The largest absolute Gasteiger partial charge is 0.327 e. The highest BCUT2D eigenvalue weighted by Gasteiger charge is 2.30. The van der Waals surface area contributed by atoms with Crippen molar-refractivity contribution in [3.8, 4) is 0 Å². The van der Waals surface area contributed by atoms with Crippen LogP contribution in [0.5, 0.6) is 0 Å². The number of imidazole rings is 1. The molecule has 1 saturated heterocycles. The van der Waals surface area contributed by atoms with E-state index in [4.69, 9.17) is 4.98 Å². The molecule has 0 bridgehead atoms. The number of piperidine rings is 1. The van der Waals surface area contributed by atoms with Gasteiger partial charge in [-0.3, -0.25) is 10.1 Å². The van der Waals surface area contributed by atoms with Crippen LogP contribution in [0.3, 0.4) is 0 Å². The van der Waals surface area contributed by atoms with Crippen LogP contribution >= 0.6 is 31.9 Å². The highest BCUT2D eigenvalue weighted by molar-refractivity contribution is 9.13. The summed E-state index contributed by atoms with van der Waals surface area (Å²) in [6, 6.07) is 1.99. The van der Waals surface area contributed by atoms with E-state index in [0.29, 0.717) is 26.3 Å². The SMILES string of the molecule is O=[N+]([O-])c1c(Br)c(Br)cc2c1nc(C1CCCCC1)n2CC1CCNCC1. The van der Waals surface area contributed by atoms with E-state index in [1.165, 1.54) is 19.3 Å². The molecule has 1 aromatic heterocycles. The Labute approximate surface area is 175 Å². The Balaban J connectivity index is 1.86. The van der Waals surface area contributed by atoms with Gasteiger partial charge in [-0.2, -0.15) is 0 Å². The standard InChI is InChI=1S/C19H24Br2N4O2/c20-14-10-15-17(18(16(14)21)25(26)27)23-19(13-4-2-1-3-5-13)24(15)11-12-6-8-22-9-7-12/h10,12-13,22H,1-9,11H2. The van der Waals surface area contributed by atoms with Gasteiger partial charge in [0.25, 0.3) is 0 Å². The number of nitro groups is 1. The van der Waals surface area contributed by atoms with E-state index >= 15 is 0 Å². The van der Waals surface area contributed by atoms with Gasteiger partial charge >= 0.3 is 5.69 Å². The van der Waals surface area contributed by atoms with Gasteiger partial charge in [0.2, 0.25) is 0 Å². The lowest BCUT2D eigenvalue weighted by molar-refractivity contribution is -0.384. The first-order chi connectivity index (χ1) is 13.1. The molecular weight excluding hydrogens is 476 g/mol. The zero-order chi connectivity index (χ0) is 19.0. The van der Waals surface area contributed by atoms with E-state index in [9.17, 15) is 10.1 Å². The second-order valence-electron chi connectivity index (χ2n) is 7.75. The molecule has 2 aliphatic rings. The average molecular weight is 500 g/mol. The van der Waals surface area contributed by atoms with Crippen molar-refractivity contribution >= 4 is 48.6 Å². The Morgan fingerprint density at radius 3 is 2.56 bits per heavy atom. The molecule has 0 atom stereocenters. The van der Waals surface area contributed by atoms with Gasteiger partial charge in [-0.15, -0.1) is 0 Å². The van der Waals surface area contributed by atoms with E-state index < -0.39 is 0 Å². The molecule has 0 unspecified atom stereocenters. The van der Waals surface area contributed by atoms with Gasteiger partial charge in [-0.05, 0) is 82.6 Å². The van der Waals surface area contributed by atoms with Crippen LogP contribution in [0.25, 0.3) is 11.0 Å². The van der Waals surface area contributed by atoms with Crippen LogP contribution < -0.4 is 5.32 Å². The molecule has 2 fully saturated rings. The number of nitrogens with zero attached hydrogens (tertiary/aromatic N) is 3. The van der Waals surface area contributed by atoms with Crippen LogP contribution in [0.4, 0.5) is 5.69 Å². The van der Waals surface area contributed by atoms with Crippen LogP contribution in [0, 0.1) is 16.0 Å². The molecular formula is C19H24Br2N4O2. The minimum Gasteiger partial charge on any atom is -0.327 e. The maximum atomic E-state index is 11.8. The summed E-state index contributed by atoms with van der Waals surface area (Å²) in [4.78, 5) is 16.3. The third-order valence-corrected chi connectivity index (χ3v) is 7.95. The Kier molecular flexibility index (Phi) is 5.85. The van der Waals surface area contributed by atoms with Gasteiger partial charge in [0.15, 0.2) is 5.52 Å². The summed E-state index contributed by atoms with van der Waals surface area (Å²) in [5.41, 5.74) is 1.47. The van der Waals surface area contributed by atoms with Crippen molar-refractivity contribution < 1.29 is 4.92 Å². The average Bonchev–Trinajstić information content (AvgIpc) is 3.01. The first kappa shape index (κ1) is 19.3. The Hall–Kier alpha value is -0.990. The summed E-state index contributed by atoms with van der Waals surface area (Å²) >= 11 is 6.88. The van der Waals surface area contributed by atoms with Gasteiger partial charge in [-0.25, -0.2) is 4.98 Å². The van der Waals surface area contributed by atoms with Crippen molar-refractivity contribution in [1.82, 2.24) is 14.9 Å². The quantitative estimate of drug-likeness (QED) is 0.444. The van der Waals surface area contributed by atoms with E-state index in [1.54, 1.807) is 0 Å². The lowest BCUT2D eigenvalue weighted by Crippen LogP contribution is -2.30. The smallest absolute Gasteiger partial charge is 0.312 e. The number of hydrogen-bond donors (Lipinski definition) is 1. The van der Waals surface area contributed by atoms with E-state index in [-0.39, 0.29) is 10.6 Å². The molecule has 4 rings (SSSR count). The summed E-state index contributed by atoms with van der Waals surface area (Å²) in [6.07, 6.45) is 8.26. The number of hydrogen-bond acceptors (Lipinski definition) is 4. The summed E-state index contributed by atoms with van der Waals surface area (Å²) < 4.78 is 3.48. The Bertz CT molecular complexity index is 855. The van der Waals surface area contributed by atoms with Crippen molar-refractivity contribution in [2.45, 2.75) is 57.4 Å². The van der Waals surface area contributed by atoms with E-state index in [1.807, 2.05) is 6.07 Å². The zero-order valence-electron chi connectivity index (χ0n) is 15.2. The second kappa shape index (κ2) is 8.17. The molecule has 0 radical (unpaired) electrons. The van der Waals surface area contributed by atoms with E-state index in [0.717, 1.165) is 56.7 Å². The third kappa shape index (κ3) is 3.80. The minimum absolute atomic E-state index is 0.0699. The summed E-state index contributed by atoms with van der Waals surface area (Å²) in [5, 5.41) is 15.2. The normalized spacial score (nSPS) is 19.6. The summed E-state index contributed by atoms with van der Waals surface area (Å²) in [7, 11) is 0. The first-order valence-electron chi connectivity index (χ1n) is 9.79. The highest BCUT2D eigenvalue weighted by Crippen LogP contribution is 2.42. The number of halogens is 2. The Morgan fingerprint density at radius 2 is 1.89 bits per heavy atom. The Morgan fingerprint density at radius 1 is 1.19 bits per heavy atom. The number of rotatable bonds is 4. The van der Waals surface area contributed by atoms with Gasteiger partial charge in [0.05, 0.1) is 10.4 Å². The molecule has 146 valence electrons. The summed E-state index contributed by atoms with van der Waals surface area (Å²) in [5.74, 6) is 2.05. The van der Waals surface area contributed by atoms with Gasteiger partial charge in [0.1, 0.15) is 10.3 Å². The molecule has 0 amide bonds.